The molecule has 1 aromatic carbocycles. The normalized spacial score (nSPS) is 11.4. The third-order valence-corrected chi connectivity index (χ3v) is 3.25. The summed E-state index contributed by atoms with van der Waals surface area (Å²) in [5.41, 5.74) is 0.555. The van der Waals surface area contributed by atoms with E-state index >= 15 is 0 Å². The van der Waals surface area contributed by atoms with E-state index in [0.717, 1.165) is 6.42 Å². The van der Waals surface area contributed by atoms with E-state index in [0.29, 0.717) is 12.0 Å². The number of aliphatic hydroxyl groups is 1. The standard InChI is InChI=1S/C16H20FNO2/c1-4-12(2)18(3)16(20)14-9-8-13(15(17)11-14)7-5-6-10-19/h8-9,11-12,19H,4,6,10H2,1-3H3. The molecule has 1 aromatic rings. The van der Waals surface area contributed by atoms with Crippen molar-refractivity contribution in [2.24, 2.45) is 0 Å². The van der Waals surface area contributed by atoms with Crippen LogP contribution in [0.25, 0.3) is 0 Å². The van der Waals surface area contributed by atoms with E-state index in [-0.39, 0.29) is 24.1 Å². The van der Waals surface area contributed by atoms with Gasteiger partial charge in [0.05, 0.1) is 12.2 Å². The molecule has 0 radical (unpaired) electrons. The van der Waals surface area contributed by atoms with Gasteiger partial charge >= 0.3 is 0 Å². The number of carbonyl (C=O) groups excluding carboxylic acids is 1. The third-order valence-electron chi connectivity index (χ3n) is 3.25. The molecule has 0 aromatic heterocycles. The molecule has 0 saturated carbocycles. The van der Waals surface area contributed by atoms with Crippen LogP contribution in [0.3, 0.4) is 0 Å². The maximum Gasteiger partial charge on any atom is 0.253 e. The van der Waals surface area contributed by atoms with Crippen LogP contribution in [0, 0.1) is 17.7 Å². The number of hydrogen-bond donors (Lipinski definition) is 1. The van der Waals surface area contributed by atoms with Crippen LogP contribution in [0.5, 0.6) is 0 Å². The molecular weight excluding hydrogens is 257 g/mol. The molecule has 0 heterocycles. The van der Waals surface area contributed by atoms with Crippen molar-refractivity contribution in [2.75, 3.05) is 13.7 Å². The first-order valence-corrected chi connectivity index (χ1v) is 6.67. The molecule has 0 fully saturated rings. The molecule has 1 N–H and O–H groups in total. The maximum absolute atomic E-state index is 13.8. The molecule has 1 unspecified atom stereocenters. The Labute approximate surface area is 119 Å². The van der Waals surface area contributed by atoms with Crippen molar-refractivity contribution in [2.45, 2.75) is 32.7 Å². The molecule has 3 nitrogen and oxygen atoms in total. The van der Waals surface area contributed by atoms with Gasteiger partial charge in [-0.25, -0.2) is 4.39 Å². The lowest BCUT2D eigenvalue weighted by atomic mass is 10.1. The Bertz CT molecular complexity index is 531. The Balaban J connectivity index is 2.93. The number of benzene rings is 1. The molecule has 108 valence electrons. The number of amides is 1. The second-order valence-corrected chi connectivity index (χ2v) is 4.64. The molecule has 0 bridgehead atoms. The number of carbonyl (C=O) groups is 1. The smallest absolute Gasteiger partial charge is 0.253 e. The SMILES string of the molecule is CCC(C)N(C)C(=O)c1ccc(C#CCCO)c(F)c1. The largest absolute Gasteiger partial charge is 0.395 e. The van der Waals surface area contributed by atoms with Crippen LogP contribution in [-0.2, 0) is 0 Å². The van der Waals surface area contributed by atoms with Gasteiger partial charge in [0.25, 0.3) is 5.91 Å². The van der Waals surface area contributed by atoms with E-state index in [1.54, 1.807) is 18.0 Å². The zero-order valence-corrected chi connectivity index (χ0v) is 12.1. The van der Waals surface area contributed by atoms with Crippen LogP contribution in [0.15, 0.2) is 18.2 Å². The first-order chi connectivity index (χ1) is 9.51. The highest BCUT2D eigenvalue weighted by Gasteiger charge is 2.17. The highest BCUT2D eigenvalue weighted by Crippen LogP contribution is 2.13. The number of hydrogen-bond acceptors (Lipinski definition) is 2. The first kappa shape index (κ1) is 16.2. The highest BCUT2D eigenvalue weighted by atomic mass is 19.1. The summed E-state index contributed by atoms with van der Waals surface area (Å²) in [4.78, 5) is 13.8. The van der Waals surface area contributed by atoms with Crippen LogP contribution in [0.2, 0.25) is 0 Å². The fourth-order valence-corrected chi connectivity index (χ4v) is 1.64. The van der Waals surface area contributed by atoms with E-state index in [1.807, 2.05) is 13.8 Å². The van der Waals surface area contributed by atoms with Crippen molar-refractivity contribution in [1.82, 2.24) is 4.90 Å². The minimum Gasteiger partial charge on any atom is -0.395 e. The van der Waals surface area contributed by atoms with E-state index in [4.69, 9.17) is 5.11 Å². The number of rotatable bonds is 4. The zero-order chi connectivity index (χ0) is 15.1. The summed E-state index contributed by atoms with van der Waals surface area (Å²) in [6, 6.07) is 4.39. The summed E-state index contributed by atoms with van der Waals surface area (Å²) < 4.78 is 13.8. The zero-order valence-electron chi connectivity index (χ0n) is 12.1. The fourth-order valence-electron chi connectivity index (χ4n) is 1.64. The number of nitrogens with zero attached hydrogens (tertiary/aromatic N) is 1. The maximum atomic E-state index is 13.8. The Kier molecular flexibility index (Phi) is 6.20. The van der Waals surface area contributed by atoms with Crippen LogP contribution >= 0.6 is 0 Å². The minimum absolute atomic E-state index is 0.0507. The molecule has 4 heteroatoms. The van der Waals surface area contributed by atoms with E-state index in [1.165, 1.54) is 12.1 Å². The number of halogens is 1. The quantitative estimate of drug-likeness (QED) is 0.859. The van der Waals surface area contributed by atoms with Gasteiger partial charge in [0, 0.05) is 25.1 Å². The molecule has 0 spiro atoms. The van der Waals surface area contributed by atoms with Crippen molar-refractivity contribution in [3.63, 3.8) is 0 Å². The lowest BCUT2D eigenvalue weighted by Gasteiger charge is -2.23. The highest BCUT2D eigenvalue weighted by molar-refractivity contribution is 5.94. The van der Waals surface area contributed by atoms with E-state index < -0.39 is 5.82 Å². The van der Waals surface area contributed by atoms with Crippen LogP contribution in [0.4, 0.5) is 4.39 Å². The van der Waals surface area contributed by atoms with Crippen molar-refractivity contribution < 1.29 is 14.3 Å². The Morgan fingerprint density at radius 1 is 1.50 bits per heavy atom. The first-order valence-electron chi connectivity index (χ1n) is 6.67. The lowest BCUT2D eigenvalue weighted by Crippen LogP contribution is -2.34. The molecule has 0 saturated heterocycles. The Morgan fingerprint density at radius 2 is 2.20 bits per heavy atom. The summed E-state index contributed by atoms with van der Waals surface area (Å²) in [7, 11) is 1.71. The van der Waals surface area contributed by atoms with Crippen molar-refractivity contribution in [1.29, 1.82) is 0 Å². The Morgan fingerprint density at radius 3 is 2.75 bits per heavy atom. The Hall–Kier alpha value is -1.86. The van der Waals surface area contributed by atoms with Gasteiger partial charge in [-0.1, -0.05) is 18.8 Å². The lowest BCUT2D eigenvalue weighted by molar-refractivity contribution is 0.0740. The van der Waals surface area contributed by atoms with Crippen LogP contribution in [0.1, 0.15) is 42.6 Å². The molecule has 1 atom stereocenters. The third kappa shape index (κ3) is 4.07. The van der Waals surface area contributed by atoms with Gasteiger partial charge in [0.1, 0.15) is 5.82 Å². The molecular formula is C16H20FNO2. The molecule has 20 heavy (non-hydrogen) atoms. The van der Waals surface area contributed by atoms with Crippen molar-refractivity contribution >= 4 is 5.91 Å². The molecule has 1 amide bonds. The van der Waals surface area contributed by atoms with Gasteiger partial charge in [0.15, 0.2) is 0 Å². The number of aliphatic hydroxyl groups excluding tert-OH is 1. The molecule has 0 aliphatic heterocycles. The summed E-state index contributed by atoms with van der Waals surface area (Å²) >= 11 is 0. The van der Waals surface area contributed by atoms with Crippen LogP contribution in [-0.4, -0.2) is 35.6 Å². The molecule has 0 aliphatic carbocycles. The van der Waals surface area contributed by atoms with Crippen molar-refractivity contribution in [3.8, 4) is 11.8 Å². The minimum atomic E-state index is -0.515. The molecule has 1 rings (SSSR count). The van der Waals surface area contributed by atoms with Gasteiger partial charge in [-0.3, -0.25) is 4.79 Å². The summed E-state index contributed by atoms with van der Waals surface area (Å²) in [5, 5.41) is 8.62. The summed E-state index contributed by atoms with van der Waals surface area (Å²) in [6.07, 6.45) is 1.15. The van der Waals surface area contributed by atoms with Gasteiger partial charge in [-0.15, -0.1) is 0 Å². The second-order valence-electron chi connectivity index (χ2n) is 4.64. The second kappa shape index (κ2) is 7.66. The predicted molar refractivity (Wildman–Crippen MR) is 76.8 cm³/mol. The average molecular weight is 277 g/mol. The van der Waals surface area contributed by atoms with Gasteiger partial charge in [-0.2, -0.15) is 0 Å². The van der Waals surface area contributed by atoms with Gasteiger partial charge in [0.2, 0.25) is 0 Å². The summed E-state index contributed by atoms with van der Waals surface area (Å²) in [5.74, 6) is 4.57. The monoisotopic (exact) mass is 277 g/mol. The average Bonchev–Trinajstić information content (AvgIpc) is 2.46. The van der Waals surface area contributed by atoms with Crippen LogP contribution < -0.4 is 0 Å². The fraction of sp³-hybridized carbons (Fsp3) is 0.438. The summed E-state index contributed by atoms with van der Waals surface area (Å²) in [6.45, 7) is 3.89. The van der Waals surface area contributed by atoms with Gasteiger partial charge < -0.3 is 10.0 Å². The predicted octanol–water partition coefficient (Wildman–Crippen LogP) is 2.43. The van der Waals surface area contributed by atoms with E-state index in [2.05, 4.69) is 11.8 Å². The molecule has 0 aliphatic rings. The topological polar surface area (TPSA) is 40.5 Å². The van der Waals surface area contributed by atoms with Crippen molar-refractivity contribution in [3.05, 3.63) is 35.1 Å². The van der Waals surface area contributed by atoms with Gasteiger partial charge in [-0.05, 0) is 31.5 Å². The van der Waals surface area contributed by atoms with E-state index in [9.17, 15) is 9.18 Å².